The zero-order chi connectivity index (χ0) is 17.1. The molecule has 3 aromatic rings. The monoisotopic (exact) mass is 338 g/mol. The van der Waals surface area contributed by atoms with E-state index in [1.54, 1.807) is 12.1 Å². The number of aliphatic carboxylic acids is 1. The Kier molecular flexibility index (Phi) is 4.79. The molecule has 122 valence electrons. The number of rotatable bonds is 5. The van der Waals surface area contributed by atoms with Gasteiger partial charge in [0.1, 0.15) is 12.0 Å². The van der Waals surface area contributed by atoms with Crippen molar-refractivity contribution < 1.29 is 15.0 Å². The number of aliphatic hydroxyl groups is 1. The van der Waals surface area contributed by atoms with Gasteiger partial charge in [0.05, 0.1) is 0 Å². The molecule has 0 saturated carbocycles. The van der Waals surface area contributed by atoms with Crippen molar-refractivity contribution in [2.24, 2.45) is 0 Å². The Labute approximate surface area is 144 Å². The van der Waals surface area contributed by atoms with Crippen LogP contribution in [0.15, 0.2) is 66.0 Å². The minimum absolute atomic E-state index is 0.600. The smallest absolute Gasteiger partial charge is 0.314 e. The molecule has 1 aromatic heterocycles. The molecule has 4 heteroatoms. The molecule has 0 bridgehead atoms. The van der Waals surface area contributed by atoms with Crippen molar-refractivity contribution in [1.29, 1.82) is 0 Å². The van der Waals surface area contributed by atoms with E-state index in [0.717, 1.165) is 16.7 Å². The normalized spacial score (nSPS) is 13.4. The molecule has 0 saturated heterocycles. The van der Waals surface area contributed by atoms with Gasteiger partial charge in [-0.05, 0) is 40.6 Å². The topological polar surface area (TPSA) is 57.5 Å². The Balaban J connectivity index is 1.92. The van der Waals surface area contributed by atoms with Crippen LogP contribution in [-0.2, 0) is 4.79 Å². The number of benzene rings is 2. The molecule has 0 fully saturated rings. The number of carbonyl (C=O) groups is 1. The number of hydrogen-bond donors (Lipinski definition) is 2. The average molecular weight is 338 g/mol. The maximum absolute atomic E-state index is 11.7. The molecular weight excluding hydrogens is 320 g/mol. The van der Waals surface area contributed by atoms with Crippen LogP contribution in [0, 0.1) is 6.92 Å². The highest BCUT2D eigenvalue weighted by atomic mass is 32.1. The third-order valence-electron chi connectivity index (χ3n) is 4.13. The van der Waals surface area contributed by atoms with E-state index < -0.39 is 18.0 Å². The van der Waals surface area contributed by atoms with Crippen LogP contribution in [0.2, 0.25) is 0 Å². The van der Waals surface area contributed by atoms with Crippen molar-refractivity contribution in [2.45, 2.75) is 18.9 Å². The fourth-order valence-corrected chi connectivity index (χ4v) is 3.76. The predicted octanol–water partition coefficient (Wildman–Crippen LogP) is 4.63. The molecule has 0 amide bonds. The predicted molar refractivity (Wildman–Crippen MR) is 96.3 cm³/mol. The second kappa shape index (κ2) is 6.99. The van der Waals surface area contributed by atoms with Gasteiger partial charge in [0.15, 0.2) is 0 Å². The number of hydrogen-bond acceptors (Lipinski definition) is 3. The van der Waals surface area contributed by atoms with Gasteiger partial charge in [0.2, 0.25) is 0 Å². The summed E-state index contributed by atoms with van der Waals surface area (Å²) in [5.41, 5.74) is 3.61. The van der Waals surface area contributed by atoms with Crippen molar-refractivity contribution in [1.82, 2.24) is 0 Å². The fourth-order valence-electron chi connectivity index (χ4n) is 2.81. The van der Waals surface area contributed by atoms with Crippen LogP contribution in [0.4, 0.5) is 0 Å². The first-order chi connectivity index (χ1) is 11.6. The first kappa shape index (κ1) is 16.4. The summed E-state index contributed by atoms with van der Waals surface area (Å²) in [7, 11) is 0. The van der Waals surface area contributed by atoms with Crippen LogP contribution in [0.25, 0.3) is 11.1 Å². The van der Waals surface area contributed by atoms with E-state index in [0.29, 0.717) is 10.4 Å². The van der Waals surface area contributed by atoms with E-state index in [4.69, 9.17) is 0 Å². The van der Waals surface area contributed by atoms with Crippen molar-refractivity contribution in [2.75, 3.05) is 0 Å². The molecule has 2 N–H and O–H groups in total. The summed E-state index contributed by atoms with van der Waals surface area (Å²) >= 11 is 1.38. The zero-order valence-corrected chi connectivity index (χ0v) is 14.0. The van der Waals surface area contributed by atoms with Gasteiger partial charge in [0, 0.05) is 4.88 Å². The molecule has 2 atom stereocenters. The lowest BCUT2D eigenvalue weighted by molar-refractivity contribution is -0.141. The Hall–Kier alpha value is -2.43. The van der Waals surface area contributed by atoms with Crippen molar-refractivity contribution in [3.63, 3.8) is 0 Å². The lowest BCUT2D eigenvalue weighted by Crippen LogP contribution is -2.19. The van der Waals surface area contributed by atoms with Crippen molar-refractivity contribution in [3.8, 4) is 11.1 Å². The van der Waals surface area contributed by atoms with Gasteiger partial charge >= 0.3 is 5.97 Å². The minimum Gasteiger partial charge on any atom is -0.481 e. The summed E-state index contributed by atoms with van der Waals surface area (Å²) in [4.78, 5) is 12.5. The van der Waals surface area contributed by atoms with Crippen LogP contribution in [0.3, 0.4) is 0 Å². The van der Waals surface area contributed by atoms with E-state index in [-0.39, 0.29) is 0 Å². The Morgan fingerprint density at radius 3 is 2.12 bits per heavy atom. The summed E-state index contributed by atoms with van der Waals surface area (Å²) in [5.74, 6) is -2.00. The molecule has 2 aromatic carbocycles. The van der Waals surface area contributed by atoms with Gasteiger partial charge in [-0.3, -0.25) is 4.79 Å². The quantitative estimate of drug-likeness (QED) is 0.713. The standard InChI is InChI=1S/C20H18O3S/c1-13-11-12-24-19(13)18(21)17(20(22)23)16-9-7-15(8-10-16)14-5-3-2-4-6-14/h2-12,17-18,21H,1H3,(H,22,23)/t17-,18+/m0/s1. The second-order valence-corrected chi connectivity index (χ2v) is 6.66. The van der Waals surface area contributed by atoms with Gasteiger partial charge < -0.3 is 10.2 Å². The van der Waals surface area contributed by atoms with Crippen molar-refractivity contribution >= 4 is 17.3 Å². The number of aliphatic hydroxyl groups excluding tert-OH is 1. The van der Waals surface area contributed by atoms with E-state index in [2.05, 4.69) is 0 Å². The maximum atomic E-state index is 11.7. The molecule has 0 aliphatic rings. The summed E-state index contributed by atoms with van der Waals surface area (Å²) in [6.45, 7) is 1.88. The Morgan fingerprint density at radius 1 is 0.958 bits per heavy atom. The largest absolute Gasteiger partial charge is 0.481 e. The molecule has 3 nitrogen and oxygen atoms in total. The number of aryl methyl sites for hydroxylation is 1. The summed E-state index contributed by atoms with van der Waals surface area (Å²) < 4.78 is 0. The van der Waals surface area contributed by atoms with Crippen LogP contribution < -0.4 is 0 Å². The summed E-state index contributed by atoms with van der Waals surface area (Å²) in [6, 6.07) is 19.2. The molecule has 0 spiro atoms. The molecule has 24 heavy (non-hydrogen) atoms. The number of carboxylic acid groups (broad SMARTS) is 1. The maximum Gasteiger partial charge on any atom is 0.314 e. The SMILES string of the molecule is Cc1ccsc1[C@H](O)[C@@H](C(=O)O)c1ccc(-c2ccccc2)cc1. The van der Waals surface area contributed by atoms with Gasteiger partial charge in [-0.15, -0.1) is 11.3 Å². The zero-order valence-electron chi connectivity index (χ0n) is 13.2. The van der Waals surface area contributed by atoms with E-state index in [1.165, 1.54) is 11.3 Å². The highest BCUT2D eigenvalue weighted by Crippen LogP contribution is 2.36. The third kappa shape index (κ3) is 3.25. The van der Waals surface area contributed by atoms with Gasteiger partial charge in [-0.25, -0.2) is 0 Å². The molecule has 3 rings (SSSR count). The number of carboxylic acids is 1. The van der Waals surface area contributed by atoms with Crippen LogP contribution in [-0.4, -0.2) is 16.2 Å². The molecule has 0 radical (unpaired) electrons. The highest BCUT2D eigenvalue weighted by molar-refractivity contribution is 7.10. The fraction of sp³-hybridized carbons (Fsp3) is 0.150. The molecular formula is C20H18O3S. The van der Waals surface area contributed by atoms with E-state index >= 15 is 0 Å². The second-order valence-electron chi connectivity index (χ2n) is 5.72. The van der Waals surface area contributed by atoms with Crippen molar-refractivity contribution in [3.05, 3.63) is 82.0 Å². The third-order valence-corrected chi connectivity index (χ3v) is 5.22. The molecule has 0 aliphatic heterocycles. The van der Waals surface area contributed by atoms with Gasteiger partial charge in [-0.1, -0.05) is 54.6 Å². The van der Waals surface area contributed by atoms with Crippen LogP contribution in [0.1, 0.15) is 28.0 Å². The first-order valence-corrected chi connectivity index (χ1v) is 8.56. The van der Waals surface area contributed by atoms with E-state index in [9.17, 15) is 15.0 Å². The van der Waals surface area contributed by atoms with Gasteiger partial charge in [0.25, 0.3) is 0 Å². The summed E-state index contributed by atoms with van der Waals surface area (Å²) in [5, 5.41) is 22.1. The number of thiophene rings is 1. The lowest BCUT2D eigenvalue weighted by Gasteiger charge is -2.20. The Bertz CT molecular complexity index is 822. The highest BCUT2D eigenvalue weighted by Gasteiger charge is 2.31. The average Bonchev–Trinajstić information content (AvgIpc) is 3.02. The molecule has 0 unspecified atom stereocenters. The molecule has 0 aliphatic carbocycles. The van der Waals surface area contributed by atoms with Crippen LogP contribution in [0.5, 0.6) is 0 Å². The minimum atomic E-state index is -1.05. The Morgan fingerprint density at radius 2 is 1.58 bits per heavy atom. The first-order valence-electron chi connectivity index (χ1n) is 7.68. The van der Waals surface area contributed by atoms with Gasteiger partial charge in [-0.2, -0.15) is 0 Å². The lowest BCUT2D eigenvalue weighted by atomic mass is 9.90. The summed E-state index contributed by atoms with van der Waals surface area (Å²) in [6.07, 6.45) is -1.05. The van der Waals surface area contributed by atoms with Crippen LogP contribution >= 0.6 is 11.3 Å². The van der Waals surface area contributed by atoms with E-state index in [1.807, 2.05) is 60.8 Å². The molecule has 1 heterocycles.